The molecule has 3 aromatic heterocycles. The molecular weight excluding hydrogens is 611 g/mol. The monoisotopic (exact) mass is 653 g/mol. The molecule has 6 heteroatoms. The van der Waals surface area contributed by atoms with E-state index in [1.54, 1.807) is 23.7 Å². The molecule has 5 nitrogen and oxygen atoms in total. The van der Waals surface area contributed by atoms with Crippen LogP contribution in [0.4, 0.5) is 0 Å². The van der Waals surface area contributed by atoms with E-state index in [2.05, 4.69) is 87.9 Å². The van der Waals surface area contributed by atoms with Crippen molar-refractivity contribution in [3.05, 3.63) is 137 Å². The molecule has 1 saturated carbocycles. The number of benzene rings is 2. The molecule has 5 aromatic rings. The number of hydrogen-bond acceptors (Lipinski definition) is 4. The van der Waals surface area contributed by atoms with Gasteiger partial charge in [0.15, 0.2) is 0 Å². The zero-order chi connectivity index (χ0) is 32.8. The van der Waals surface area contributed by atoms with Crippen LogP contribution in [0.15, 0.2) is 114 Å². The van der Waals surface area contributed by atoms with E-state index >= 15 is 0 Å². The SMILES string of the molecule is O=C(O)C(Cc1ccc(-c2ccc(-c3cc(CCCc4ccc(C5CCCCC5)cc4)c[nH]3)cc2)s1)C1(Cc2ccccn2)C=CC=N1. The number of carboxylic acids is 1. The number of H-pyrrole nitrogens is 1. The van der Waals surface area contributed by atoms with Crippen molar-refractivity contribution < 1.29 is 9.90 Å². The molecule has 0 saturated heterocycles. The van der Waals surface area contributed by atoms with Crippen molar-refractivity contribution in [1.82, 2.24) is 9.97 Å². The van der Waals surface area contributed by atoms with Crippen LogP contribution < -0.4 is 0 Å². The van der Waals surface area contributed by atoms with Crippen molar-refractivity contribution in [2.24, 2.45) is 10.9 Å². The van der Waals surface area contributed by atoms with Crippen LogP contribution in [0.2, 0.25) is 0 Å². The number of allylic oxidation sites excluding steroid dienone is 1. The summed E-state index contributed by atoms with van der Waals surface area (Å²) in [4.78, 5) is 27.4. The first kappa shape index (κ1) is 32.0. The van der Waals surface area contributed by atoms with Crippen LogP contribution in [0.3, 0.4) is 0 Å². The van der Waals surface area contributed by atoms with Crippen molar-refractivity contribution in [2.45, 2.75) is 75.7 Å². The van der Waals surface area contributed by atoms with Gasteiger partial charge in [0.2, 0.25) is 0 Å². The smallest absolute Gasteiger partial charge is 0.309 e. The number of aliphatic carboxylic acids is 1. The highest BCUT2D eigenvalue weighted by Crippen LogP contribution is 2.37. The van der Waals surface area contributed by atoms with Gasteiger partial charge < -0.3 is 10.1 Å². The summed E-state index contributed by atoms with van der Waals surface area (Å²) in [6, 6.07) is 30.2. The van der Waals surface area contributed by atoms with E-state index in [4.69, 9.17) is 0 Å². The summed E-state index contributed by atoms with van der Waals surface area (Å²) >= 11 is 1.65. The van der Waals surface area contributed by atoms with Crippen molar-refractivity contribution in [3.63, 3.8) is 0 Å². The number of carboxylic acid groups (broad SMARTS) is 1. The van der Waals surface area contributed by atoms with Crippen LogP contribution in [0.1, 0.15) is 71.7 Å². The van der Waals surface area contributed by atoms with Gasteiger partial charge in [-0.2, -0.15) is 0 Å². The number of thiophene rings is 1. The van der Waals surface area contributed by atoms with E-state index in [1.165, 1.54) is 48.8 Å². The van der Waals surface area contributed by atoms with Gasteiger partial charge in [0.05, 0.1) is 11.5 Å². The highest BCUT2D eigenvalue weighted by atomic mass is 32.1. The number of hydrogen-bond donors (Lipinski definition) is 2. The Labute approximate surface area is 287 Å². The predicted octanol–water partition coefficient (Wildman–Crippen LogP) is 9.89. The summed E-state index contributed by atoms with van der Waals surface area (Å²) in [6.45, 7) is 0. The predicted molar refractivity (Wildman–Crippen MR) is 197 cm³/mol. The zero-order valence-electron chi connectivity index (χ0n) is 27.4. The van der Waals surface area contributed by atoms with E-state index in [0.29, 0.717) is 12.8 Å². The molecular formula is C42H43N3O2S. The molecule has 48 heavy (non-hydrogen) atoms. The Kier molecular flexibility index (Phi) is 9.80. The molecule has 2 N–H and O–H groups in total. The number of aliphatic imine (C=N–C) groups is 1. The number of nitrogens with zero attached hydrogens (tertiary/aromatic N) is 2. The molecule has 0 radical (unpaired) electrons. The first-order valence-electron chi connectivity index (χ1n) is 17.4. The second-order valence-electron chi connectivity index (χ2n) is 13.4. The Morgan fingerprint density at radius 3 is 2.44 bits per heavy atom. The van der Waals surface area contributed by atoms with E-state index in [1.807, 2.05) is 30.4 Å². The first-order valence-corrected chi connectivity index (χ1v) is 18.2. The van der Waals surface area contributed by atoms with Gasteiger partial charge in [-0.1, -0.05) is 79.9 Å². The minimum Gasteiger partial charge on any atom is -0.481 e. The number of carbonyl (C=O) groups is 1. The van der Waals surface area contributed by atoms with Crippen LogP contribution in [-0.4, -0.2) is 32.8 Å². The van der Waals surface area contributed by atoms with Gasteiger partial charge in [0.25, 0.3) is 0 Å². The van der Waals surface area contributed by atoms with Crippen molar-refractivity contribution in [1.29, 1.82) is 0 Å². The number of aryl methyl sites for hydroxylation is 2. The summed E-state index contributed by atoms with van der Waals surface area (Å²) in [5.74, 6) is -0.773. The molecule has 0 bridgehead atoms. The topological polar surface area (TPSA) is 78.3 Å². The van der Waals surface area contributed by atoms with Gasteiger partial charge in [0, 0.05) is 46.2 Å². The Hall–Kier alpha value is -4.55. The molecule has 0 spiro atoms. The van der Waals surface area contributed by atoms with Gasteiger partial charge >= 0.3 is 5.97 Å². The van der Waals surface area contributed by atoms with Crippen molar-refractivity contribution >= 4 is 23.5 Å². The Balaban J connectivity index is 0.952. The van der Waals surface area contributed by atoms with Crippen LogP contribution in [0, 0.1) is 5.92 Å². The number of aromatic amines is 1. The Bertz CT molecular complexity index is 1850. The van der Waals surface area contributed by atoms with Crippen molar-refractivity contribution in [3.8, 4) is 21.7 Å². The maximum absolute atomic E-state index is 12.6. The van der Waals surface area contributed by atoms with E-state index < -0.39 is 17.4 Å². The maximum Gasteiger partial charge on any atom is 0.309 e. The second-order valence-corrected chi connectivity index (χ2v) is 14.6. The normalized spacial score (nSPS) is 18.3. The number of aromatic nitrogens is 2. The summed E-state index contributed by atoms with van der Waals surface area (Å²) in [5, 5.41) is 10.3. The first-order chi connectivity index (χ1) is 23.5. The molecule has 0 amide bonds. The summed E-state index contributed by atoms with van der Waals surface area (Å²) in [7, 11) is 0. The van der Waals surface area contributed by atoms with Gasteiger partial charge in [-0.15, -0.1) is 11.3 Å². The maximum atomic E-state index is 12.6. The number of pyridine rings is 1. The molecule has 1 aliphatic heterocycles. The molecule has 2 aliphatic rings. The fourth-order valence-corrected chi connectivity index (χ4v) is 8.49. The largest absolute Gasteiger partial charge is 0.481 e. The minimum absolute atomic E-state index is 0.406. The standard InChI is InChI=1S/C42H43N3O2S/c46-41(47)38(42(23-7-25-45-42)28-36-12-4-5-24-43-36)27-37-21-22-40(48-37)35-19-17-34(18-20-35)39-26-31(29-44-39)9-6-8-30-13-15-33(16-14-30)32-10-2-1-3-11-32/h4-5,7,12-26,29,32,38,44H,1-3,6,8-11,27-28H2,(H,46,47). The molecule has 4 heterocycles. The second kappa shape index (κ2) is 14.7. The third-order valence-electron chi connectivity index (χ3n) is 10.2. The lowest BCUT2D eigenvalue weighted by Gasteiger charge is -2.30. The van der Waals surface area contributed by atoms with Crippen LogP contribution >= 0.6 is 11.3 Å². The quantitative estimate of drug-likeness (QED) is 0.133. The van der Waals surface area contributed by atoms with Crippen LogP contribution in [-0.2, 0) is 30.5 Å². The average molecular weight is 654 g/mol. The molecule has 2 atom stereocenters. The van der Waals surface area contributed by atoms with E-state index in [0.717, 1.165) is 57.4 Å². The zero-order valence-corrected chi connectivity index (χ0v) is 28.2. The molecule has 2 aromatic carbocycles. The highest BCUT2D eigenvalue weighted by Gasteiger charge is 2.43. The fraction of sp³-hybridized carbons (Fsp3) is 0.310. The lowest BCUT2D eigenvalue weighted by atomic mass is 9.78. The third-order valence-corrected chi connectivity index (χ3v) is 11.3. The Morgan fingerprint density at radius 1 is 0.917 bits per heavy atom. The highest BCUT2D eigenvalue weighted by molar-refractivity contribution is 7.15. The lowest BCUT2D eigenvalue weighted by Crippen LogP contribution is -2.41. The number of nitrogens with one attached hydrogen (secondary N) is 1. The third kappa shape index (κ3) is 7.44. The summed E-state index contributed by atoms with van der Waals surface area (Å²) in [6.07, 6.45) is 20.4. The molecule has 1 fully saturated rings. The summed E-state index contributed by atoms with van der Waals surface area (Å²) in [5.41, 5.74) is 7.72. The number of rotatable bonds is 13. The molecule has 7 rings (SSSR count). The minimum atomic E-state index is -0.847. The van der Waals surface area contributed by atoms with E-state index in [-0.39, 0.29) is 0 Å². The molecule has 2 unspecified atom stereocenters. The van der Waals surface area contributed by atoms with Gasteiger partial charge in [-0.3, -0.25) is 14.8 Å². The molecule has 1 aliphatic carbocycles. The van der Waals surface area contributed by atoms with Gasteiger partial charge in [0.1, 0.15) is 0 Å². The lowest BCUT2D eigenvalue weighted by molar-refractivity contribution is -0.143. The van der Waals surface area contributed by atoms with Crippen molar-refractivity contribution in [2.75, 3.05) is 0 Å². The van der Waals surface area contributed by atoms with Gasteiger partial charge in [-0.05, 0) is 109 Å². The van der Waals surface area contributed by atoms with Gasteiger partial charge in [-0.25, -0.2) is 0 Å². The van der Waals surface area contributed by atoms with Crippen LogP contribution in [0.25, 0.3) is 21.7 Å². The fourth-order valence-electron chi connectivity index (χ4n) is 7.44. The molecule has 244 valence electrons. The average Bonchev–Trinajstić information content (AvgIpc) is 3.91. The summed E-state index contributed by atoms with van der Waals surface area (Å²) < 4.78 is 0. The van der Waals surface area contributed by atoms with E-state index in [9.17, 15) is 9.90 Å². The Morgan fingerprint density at radius 2 is 1.71 bits per heavy atom. The van der Waals surface area contributed by atoms with Crippen LogP contribution in [0.5, 0.6) is 0 Å².